The van der Waals surface area contributed by atoms with Gasteiger partial charge in [-0.1, -0.05) is 0 Å². The number of aromatic nitrogens is 2. The molecule has 0 aromatic carbocycles. The molecule has 16 heavy (non-hydrogen) atoms. The van der Waals surface area contributed by atoms with Crippen molar-refractivity contribution in [2.45, 2.75) is 45.3 Å². The molecular formula is C11H18N3O2. The van der Waals surface area contributed by atoms with Gasteiger partial charge in [-0.3, -0.25) is 4.79 Å². The van der Waals surface area contributed by atoms with Gasteiger partial charge in [-0.15, -0.1) is 0 Å². The summed E-state index contributed by atoms with van der Waals surface area (Å²) >= 11 is 0. The lowest BCUT2D eigenvalue weighted by molar-refractivity contribution is 0.0341. The lowest BCUT2D eigenvalue weighted by Crippen LogP contribution is -2.38. The van der Waals surface area contributed by atoms with E-state index in [0.717, 1.165) is 0 Å². The molecule has 0 bridgehead atoms. The minimum absolute atomic E-state index is 0.161. The van der Waals surface area contributed by atoms with Gasteiger partial charge >= 0.3 is 0 Å². The summed E-state index contributed by atoms with van der Waals surface area (Å²) in [5.74, 6) is -0.431. The van der Waals surface area contributed by atoms with Crippen molar-refractivity contribution in [3.05, 3.63) is 18.2 Å². The predicted molar refractivity (Wildman–Crippen MR) is 59.8 cm³/mol. The van der Waals surface area contributed by atoms with Gasteiger partial charge in [0.2, 0.25) is 0 Å². The number of hydrogen-bond donors (Lipinski definition) is 2. The standard InChI is InChI=1S/C11H18N3O2/c1-10(2,7-11(3,4)16)14-6-5-13-9(14)8(12)15/h6,16H,7H2,1-4H3,(H2,12,15). The summed E-state index contributed by atoms with van der Waals surface area (Å²) in [6.45, 7) is 7.26. The molecule has 0 aliphatic rings. The van der Waals surface area contributed by atoms with Crippen molar-refractivity contribution in [3.8, 4) is 0 Å². The number of amides is 1. The Morgan fingerprint density at radius 3 is 2.56 bits per heavy atom. The average molecular weight is 224 g/mol. The minimum Gasteiger partial charge on any atom is -0.390 e. The Morgan fingerprint density at radius 1 is 1.56 bits per heavy atom. The van der Waals surface area contributed by atoms with Gasteiger partial charge in [0, 0.05) is 11.7 Å². The molecule has 1 amide bonds. The lowest BCUT2D eigenvalue weighted by Gasteiger charge is -2.33. The van der Waals surface area contributed by atoms with Crippen molar-refractivity contribution in [1.82, 2.24) is 9.55 Å². The zero-order valence-electron chi connectivity index (χ0n) is 10.1. The van der Waals surface area contributed by atoms with Gasteiger partial charge in [-0.25, -0.2) is 4.98 Å². The molecule has 1 aromatic rings. The zero-order valence-corrected chi connectivity index (χ0v) is 10.1. The van der Waals surface area contributed by atoms with Crippen molar-refractivity contribution in [2.24, 2.45) is 5.73 Å². The van der Waals surface area contributed by atoms with Crippen LogP contribution in [0.2, 0.25) is 0 Å². The van der Waals surface area contributed by atoms with Gasteiger partial charge in [0.05, 0.1) is 5.60 Å². The maximum absolute atomic E-state index is 11.2. The molecule has 0 spiro atoms. The van der Waals surface area contributed by atoms with Gasteiger partial charge in [-0.05, 0) is 34.1 Å². The minimum atomic E-state index is -0.831. The van der Waals surface area contributed by atoms with Crippen LogP contribution in [0.3, 0.4) is 0 Å². The molecule has 0 unspecified atom stereocenters. The fourth-order valence-corrected chi connectivity index (χ4v) is 2.04. The Morgan fingerprint density at radius 2 is 2.12 bits per heavy atom. The first-order valence-electron chi connectivity index (χ1n) is 5.11. The van der Waals surface area contributed by atoms with Crippen LogP contribution in [0.1, 0.15) is 44.7 Å². The molecule has 1 rings (SSSR count). The van der Waals surface area contributed by atoms with Crippen LogP contribution in [0.5, 0.6) is 0 Å². The first kappa shape index (κ1) is 12.7. The Labute approximate surface area is 95.3 Å². The highest BCUT2D eigenvalue weighted by atomic mass is 16.3. The van der Waals surface area contributed by atoms with E-state index >= 15 is 0 Å². The van der Waals surface area contributed by atoms with Crippen molar-refractivity contribution in [2.75, 3.05) is 0 Å². The maximum atomic E-state index is 11.2. The summed E-state index contributed by atoms with van der Waals surface area (Å²) in [6.07, 6.45) is 4.65. The van der Waals surface area contributed by atoms with E-state index in [1.165, 1.54) is 0 Å². The number of imidazole rings is 1. The average Bonchev–Trinajstić information content (AvgIpc) is 2.45. The monoisotopic (exact) mass is 224 g/mol. The van der Waals surface area contributed by atoms with Gasteiger partial charge in [0.15, 0.2) is 5.82 Å². The molecule has 1 heterocycles. The summed E-state index contributed by atoms with van der Waals surface area (Å²) in [5, 5.41) is 9.82. The molecule has 0 saturated carbocycles. The smallest absolute Gasteiger partial charge is 0.284 e. The maximum Gasteiger partial charge on any atom is 0.284 e. The number of aliphatic hydroxyl groups is 1. The zero-order chi connectivity index (χ0) is 12.6. The third-order valence-electron chi connectivity index (χ3n) is 2.32. The molecule has 1 aromatic heterocycles. The molecule has 0 atom stereocenters. The summed E-state index contributed by atoms with van der Waals surface area (Å²) < 4.78 is 1.65. The van der Waals surface area contributed by atoms with Gasteiger partial charge in [-0.2, -0.15) is 0 Å². The van der Waals surface area contributed by atoms with Crippen LogP contribution in [0.25, 0.3) is 0 Å². The number of nitrogens with zero attached hydrogens (tertiary/aromatic N) is 2. The fourth-order valence-electron chi connectivity index (χ4n) is 2.04. The molecule has 5 nitrogen and oxygen atoms in total. The largest absolute Gasteiger partial charge is 0.390 e. The highest BCUT2D eigenvalue weighted by Gasteiger charge is 2.31. The van der Waals surface area contributed by atoms with Crippen molar-refractivity contribution in [3.63, 3.8) is 0 Å². The summed E-state index contributed by atoms with van der Waals surface area (Å²) in [4.78, 5) is 14.9. The third kappa shape index (κ3) is 2.82. The van der Waals surface area contributed by atoms with E-state index in [9.17, 15) is 9.90 Å². The summed E-state index contributed by atoms with van der Waals surface area (Å²) in [6, 6.07) is 0. The van der Waals surface area contributed by atoms with Crippen LogP contribution in [-0.4, -0.2) is 26.2 Å². The fraction of sp³-hybridized carbons (Fsp3) is 0.636. The van der Waals surface area contributed by atoms with E-state index < -0.39 is 17.0 Å². The molecule has 3 N–H and O–H groups in total. The quantitative estimate of drug-likeness (QED) is 0.789. The SMILES string of the molecule is CC(C)(O)CC(C)(C)n1c[c]nc1C(N)=O. The van der Waals surface area contributed by atoms with Gasteiger partial charge < -0.3 is 15.4 Å². The van der Waals surface area contributed by atoms with E-state index in [4.69, 9.17) is 5.73 Å². The number of rotatable bonds is 4. The molecule has 1 radical (unpaired) electrons. The molecular weight excluding hydrogens is 206 g/mol. The van der Waals surface area contributed by atoms with Gasteiger partial charge in [0.1, 0.15) is 6.20 Å². The van der Waals surface area contributed by atoms with E-state index in [0.29, 0.717) is 6.42 Å². The molecule has 0 fully saturated rings. The van der Waals surface area contributed by atoms with Crippen LogP contribution in [0.15, 0.2) is 6.20 Å². The topological polar surface area (TPSA) is 81.1 Å². The Balaban J connectivity index is 3.07. The summed E-state index contributed by atoms with van der Waals surface area (Å²) in [7, 11) is 0. The third-order valence-corrected chi connectivity index (χ3v) is 2.32. The Hall–Kier alpha value is -1.36. The van der Waals surface area contributed by atoms with Crippen molar-refractivity contribution >= 4 is 5.91 Å². The number of carbonyl (C=O) groups is 1. The highest BCUT2D eigenvalue weighted by Crippen LogP contribution is 2.27. The second-order valence-corrected chi connectivity index (χ2v) is 5.23. The normalized spacial score (nSPS) is 12.8. The summed E-state index contributed by atoms with van der Waals surface area (Å²) in [5.41, 5.74) is 3.94. The van der Waals surface area contributed by atoms with Crippen LogP contribution in [-0.2, 0) is 5.54 Å². The molecule has 0 aliphatic heterocycles. The van der Waals surface area contributed by atoms with E-state index in [-0.39, 0.29) is 5.82 Å². The van der Waals surface area contributed by atoms with E-state index in [1.807, 2.05) is 13.8 Å². The van der Waals surface area contributed by atoms with Crippen LogP contribution >= 0.6 is 0 Å². The van der Waals surface area contributed by atoms with Crippen molar-refractivity contribution in [1.29, 1.82) is 0 Å². The number of carbonyl (C=O) groups excluding carboxylic acids is 1. The number of nitrogens with two attached hydrogens (primary N) is 1. The lowest BCUT2D eigenvalue weighted by atomic mass is 9.89. The first-order valence-corrected chi connectivity index (χ1v) is 5.11. The molecule has 0 saturated heterocycles. The Kier molecular flexibility index (Phi) is 3.10. The van der Waals surface area contributed by atoms with E-state index in [1.54, 1.807) is 24.6 Å². The van der Waals surface area contributed by atoms with Crippen LogP contribution in [0, 0.1) is 6.20 Å². The first-order chi connectivity index (χ1) is 7.13. The van der Waals surface area contributed by atoms with Crippen LogP contribution in [0.4, 0.5) is 0 Å². The van der Waals surface area contributed by atoms with Crippen LogP contribution < -0.4 is 5.73 Å². The van der Waals surface area contributed by atoms with Crippen molar-refractivity contribution < 1.29 is 9.90 Å². The molecule has 5 heteroatoms. The molecule has 0 aliphatic carbocycles. The highest BCUT2D eigenvalue weighted by molar-refractivity contribution is 5.89. The molecule has 89 valence electrons. The predicted octanol–water partition coefficient (Wildman–Crippen LogP) is 0.678. The second kappa shape index (κ2) is 3.90. The second-order valence-electron chi connectivity index (χ2n) is 5.23. The Bertz CT molecular complexity index is 388. The number of hydrogen-bond acceptors (Lipinski definition) is 3. The van der Waals surface area contributed by atoms with E-state index in [2.05, 4.69) is 11.2 Å². The number of primary amides is 1. The van der Waals surface area contributed by atoms with Gasteiger partial charge in [0.25, 0.3) is 5.91 Å².